The third-order valence-corrected chi connectivity index (χ3v) is 2.79. The number of aromatic nitrogens is 1. The minimum Gasteiger partial charge on any atom is -0.467 e. The lowest BCUT2D eigenvalue weighted by molar-refractivity contribution is -0.145. The van der Waals surface area contributed by atoms with Gasteiger partial charge in [-0.25, -0.2) is 4.79 Å². The monoisotopic (exact) mass is 258 g/mol. The van der Waals surface area contributed by atoms with E-state index in [1.807, 2.05) is 24.3 Å². The van der Waals surface area contributed by atoms with Crippen molar-refractivity contribution in [1.82, 2.24) is 10.3 Å². The van der Waals surface area contributed by atoms with E-state index >= 15 is 0 Å². The SMILES string of the molecule is COC(=O)C(NC(C)=O)c1cncc2ccccc12. The fourth-order valence-corrected chi connectivity index (χ4v) is 1.95. The highest BCUT2D eigenvalue weighted by molar-refractivity contribution is 5.92. The Hall–Kier alpha value is -2.43. The molecule has 2 aromatic rings. The summed E-state index contributed by atoms with van der Waals surface area (Å²) in [5.74, 6) is -0.823. The summed E-state index contributed by atoms with van der Waals surface area (Å²) in [6.07, 6.45) is 3.28. The van der Waals surface area contributed by atoms with Crippen molar-refractivity contribution >= 4 is 22.6 Å². The van der Waals surface area contributed by atoms with Crippen molar-refractivity contribution in [3.8, 4) is 0 Å². The van der Waals surface area contributed by atoms with E-state index in [1.54, 1.807) is 12.4 Å². The first-order valence-electron chi connectivity index (χ1n) is 5.81. The number of hydrogen-bond acceptors (Lipinski definition) is 4. The van der Waals surface area contributed by atoms with Gasteiger partial charge in [0.25, 0.3) is 0 Å². The van der Waals surface area contributed by atoms with Gasteiger partial charge >= 0.3 is 5.97 Å². The number of ether oxygens (including phenoxy) is 1. The van der Waals surface area contributed by atoms with Crippen LogP contribution in [0.15, 0.2) is 36.7 Å². The fraction of sp³-hybridized carbons (Fsp3) is 0.214. The third kappa shape index (κ3) is 2.70. The van der Waals surface area contributed by atoms with Crippen LogP contribution < -0.4 is 5.32 Å². The van der Waals surface area contributed by atoms with Crippen molar-refractivity contribution in [2.24, 2.45) is 0 Å². The molecule has 0 spiro atoms. The van der Waals surface area contributed by atoms with Crippen LogP contribution in [0, 0.1) is 0 Å². The van der Waals surface area contributed by atoms with Crippen LogP contribution >= 0.6 is 0 Å². The number of amides is 1. The van der Waals surface area contributed by atoms with Crippen molar-refractivity contribution in [3.63, 3.8) is 0 Å². The molecule has 2 rings (SSSR count). The highest BCUT2D eigenvalue weighted by Crippen LogP contribution is 2.23. The normalized spacial score (nSPS) is 11.9. The van der Waals surface area contributed by atoms with Crippen LogP contribution in [0.1, 0.15) is 18.5 Å². The Morgan fingerprint density at radius 3 is 2.68 bits per heavy atom. The molecule has 0 aliphatic rings. The molecule has 5 heteroatoms. The molecule has 0 fully saturated rings. The van der Waals surface area contributed by atoms with Crippen molar-refractivity contribution < 1.29 is 14.3 Å². The molecule has 1 unspecified atom stereocenters. The molecule has 1 aromatic carbocycles. The van der Waals surface area contributed by atoms with Gasteiger partial charge in [-0.1, -0.05) is 24.3 Å². The average Bonchev–Trinajstić information content (AvgIpc) is 2.43. The van der Waals surface area contributed by atoms with Crippen LogP contribution in [0.4, 0.5) is 0 Å². The Morgan fingerprint density at radius 1 is 1.26 bits per heavy atom. The van der Waals surface area contributed by atoms with E-state index < -0.39 is 12.0 Å². The number of methoxy groups -OCH3 is 1. The van der Waals surface area contributed by atoms with Gasteiger partial charge in [0.2, 0.25) is 5.91 Å². The van der Waals surface area contributed by atoms with E-state index in [0.29, 0.717) is 5.56 Å². The largest absolute Gasteiger partial charge is 0.467 e. The minimum absolute atomic E-state index is 0.302. The Kier molecular flexibility index (Phi) is 3.75. The third-order valence-electron chi connectivity index (χ3n) is 2.79. The Morgan fingerprint density at radius 2 is 2.00 bits per heavy atom. The number of fused-ring (bicyclic) bond motifs is 1. The van der Waals surface area contributed by atoms with Gasteiger partial charge in [0.1, 0.15) is 0 Å². The maximum Gasteiger partial charge on any atom is 0.333 e. The summed E-state index contributed by atoms with van der Waals surface area (Å²) >= 11 is 0. The zero-order valence-electron chi connectivity index (χ0n) is 10.7. The molecule has 0 aliphatic carbocycles. The topological polar surface area (TPSA) is 68.3 Å². The molecular weight excluding hydrogens is 244 g/mol. The van der Waals surface area contributed by atoms with Gasteiger partial charge in [-0.2, -0.15) is 0 Å². The molecule has 0 bridgehead atoms. The van der Waals surface area contributed by atoms with E-state index in [0.717, 1.165) is 10.8 Å². The summed E-state index contributed by atoms with van der Waals surface area (Å²) in [6, 6.07) is 6.69. The summed E-state index contributed by atoms with van der Waals surface area (Å²) in [4.78, 5) is 27.2. The molecule has 1 N–H and O–H groups in total. The highest BCUT2D eigenvalue weighted by atomic mass is 16.5. The predicted octanol–water partition coefficient (Wildman–Crippen LogP) is 1.58. The van der Waals surface area contributed by atoms with Crippen LogP contribution in [0.2, 0.25) is 0 Å². The number of esters is 1. The first kappa shape index (κ1) is 13.0. The summed E-state index contributed by atoms with van der Waals surface area (Å²) in [7, 11) is 1.29. The second-order valence-electron chi connectivity index (χ2n) is 4.11. The molecule has 0 saturated heterocycles. The Balaban J connectivity index is 2.55. The first-order chi connectivity index (χ1) is 9.13. The molecule has 1 aromatic heterocycles. The van der Waals surface area contributed by atoms with Gasteiger partial charge in [0, 0.05) is 30.3 Å². The number of benzene rings is 1. The van der Waals surface area contributed by atoms with E-state index in [-0.39, 0.29) is 5.91 Å². The van der Waals surface area contributed by atoms with E-state index in [2.05, 4.69) is 10.3 Å². The van der Waals surface area contributed by atoms with Gasteiger partial charge in [-0.15, -0.1) is 0 Å². The predicted molar refractivity (Wildman–Crippen MR) is 70.3 cm³/mol. The summed E-state index contributed by atoms with van der Waals surface area (Å²) < 4.78 is 4.74. The highest BCUT2D eigenvalue weighted by Gasteiger charge is 2.24. The van der Waals surface area contributed by atoms with Gasteiger partial charge in [-0.05, 0) is 5.39 Å². The van der Waals surface area contributed by atoms with Crippen LogP contribution in [-0.4, -0.2) is 24.0 Å². The van der Waals surface area contributed by atoms with Gasteiger partial charge in [-0.3, -0.25) is 9.78 Å². The molecular formula is C14H14N2O3. The average molecular weight is 258 g/mol. The number of nitrogens with zero attached hydrogens (tertiary/aromatic N) is 1. The van der Waals surface area contributed by atoms with E-state index in [9.17, 15) is 9.59 Å². The minimum atomic E-state index is -0.846. The Labute approximate surface area is 110 Å². The number of pyridine rings is 1. The molecule has 1 atom stereocenters. The Bertz CT molecular complexity index is 620. The number of rotatable bonds is 3. The van der Waals surface area contributed by atoms with E-state index in [1.165, 1.54) is 14.0 Å². The van der Waals surface area contributed by atoms with Gasteiger partial charge < -0.3 is 10.1 Å². The maximum atomic E-state index is 11.8. The summed E-state index contributed by atoms with van der Waals surface area (Å²) in [6.45, 7) is 1.36. The molecule has 19 heavy (non-hydrogen) atoms. The van der Waals surface area contributed by atoms with E-state index in [4.69, 9.17) is 4.74 Å². The second-order valence-corrected chi connectivity index (χ2v) is 4.11. The van der Waals surface area contributed by atoms with Crippen LogP contribution in [0.3, 0.4) is 0 Å². The lowest BCUT2D eigenvalue weighted by Gasteiger charge is -2.17. The van der Waals surface area contributed by atoms with Crippen molar-refractivity contribution in [2.45, 2.75) is 13.0 Å². The number of hydrogen-bond donors (Lipinski definition) is 1. The molecule has 0 saturated carbocycles. The van der Waals surface area contributed by atoms with Crippen molar-refractivity contribution in [3.05, 3.63) is 42.2 Å². The summed E-state index contributed by atoms with van der Waals surface area (Å²) in [5, 5.41) is 4.35. The second kappa shape index (κ2) is 5.48. The number of nitrogens with one attached hydrogen (secondary N) is 1. The number of carbonyl (C=O) groups is 2. The molecule has 5 nitrogen and oxygen atoms in total. The quantitative estimate of drug-likeness (QED) is 0.849. The molecule has 0 radical (unpaired) electrons. The smallest absolute Gasteiger partial charge is 0.333 e. The van der Waals surface area contributed by atoms with Crippen LogP contribution in [0.5, 0.6) is 0 Å². The zero-order valence-corrected chi connectivity index (χ0v) is 10.7. The number of carbonyl (C=O) groups excluding carboxylic acids is 2. The zero-order chi connectivity index (χ0) is 13.8. The van der Waals surface area contributed by atoms with Crippen LogP contribution in [-0.2, 0) is 14.3 Å². The molecule has 98 valence electrons. The van der Waals surface area contributed by atoms with Crippen molar-refractivity contribution in [1.29, 1.82) is 0 Å². The molecule has 1 amide bonds. The fourth-order valence-electron chi connectivity index (χ4n) is 1.95. The molecule has 1 heterocycles. The maximum absolute atomic E-state index is 11.8. The van der Waals surface area contributed by atoms with Gasteiger partial charge in [0.05, 0.1) is 7.11 Å². The first-order valence-corrected chi connectivity index (χ1v) is 5.81. The van der Waals surface area contributed by atoms with Gasteiger partial charge in [0.15, 0.2) is 6.04 Å². The lowest BCUT2D eigenvalue weighted by Crippen LogP contribution is -2.33. The standard InChI is InChI=1S/C14H14N2O3/c1-9(17)16-13(14(18)19-2)12-8-15-7-10-5-3-4-6-11(10)12/h3-8,13H,1-2H3,(H,16,17). The lowest BCUT2D eigenvalue weighted by atomic mass is 10.0. The van der Waals surface area contributed by atoms with Crippen molar-refractivity contribution in [2.75, 3.05) is 7.11 Å². The summed E-state index contributed by atoms with van der Waals surface area (Å²) in [5.41, 5.74) is 0.625. The molecule has 0 aliphatic heterocycles. The van der Waals surface area contributed by atoms with Crippen LogP contribution in [0.25, 0.3) is 10.8 Å².